The third-order valence-corrected chi connectivity index (χ3v) is 4.05. The Morgan fingerprint density at radius 2 is 2.24 bits per heavy atom. The third kappa shape index (κ3) is 2.92. The number of hydrogen-bond donors (Lipinski definition) is 1. The Labute approximate surface area is 130 Å². The number of esters is 1. The van der Waals surface area contributed by atoms with Gasteiger partial charge in [0.1, 0.15) is 0 Å². The number of benzene rings is 1. The first-order chi connectivity index (χ1) is 9.70. The monoisotopic (exact) mass is 308 g/mol. The van der Waals surface area contributed by atoms with Gasteiger partial charge in [-0.1, -0.05) is 11.6 Å². The summed E-state index contributed by atoms with van der Waals surface area (Å²) < 4.78 is 7.05. The molecule has 0 saturated carbocycles. The van der Waals surface area contributed by atoms with Gasteiger partial charge in [-0.2, -0.15) is 0 Å². The fourth-order valence-corrected chi connectivity index (χ4v) is 3.05. The number of nitrogens with one attached hydrogen (secondary N) is 1. The van der Waals surface area contributed by atoms with Crippen molar-refractivity contribution in [3.63, 3.8) is 0 Å². The highest BCUT2D eigenvalue weighted by molar-refractivity contribution is 5.86. The molecular formula is C16H21ClN2O2. The van der Waals surface area contributed by atoms with Crippen LogP contribution in [-0.2, 0) is 29.0 Å². The predicted molar refractivity (Wildman–Crippen MR) is 86.0 cm³/mol. The van der Waals surface area contributed by atoms with Gasteiger partial charge in [-0.15, -0.1) is 12.4 Å². The molecule has 0 aliphatic carbocycles. The van der Waals surface area contributed by atoms with Gasteiger partial charge in [-0.3, -0.25) is 4.79 Å². The van der Waals surface area contributed by atoms with Crippen LogP contribution in [0.3, 0.4) is 0 Å². The van der Waals surface area contributed by atoms with Crippen molar-refractivity contribution in [2.45, 2.75) is 32.9 Å². The lowest BCUT2D eigenvalue weighted by atomic mass is 10.0. The summed E-state index contributed by atoms with van der Waals surface area (Å²) in [5.74, 6) is -0.151. The van der Waals surface area contributed by atoms with Crippen molar-refractivity contribution >= 4 is 29.3 Å². The Kier molecular flexibility index (Phi) is 4.91. The molecule has 114 valence electrons. The lowest BCUT2D eigenvalue weighted by Gasteiger charge is -2.16. The van der Waals surface area contributed by atoms with E-state index in [0.29, 0.717) is 13.0 Å². The van der Waals surface area contributed by atoms with Crippen LogP contribution in [0.1, 0.15) is 23.2 Å². The first-order valence-corrected chi connectivity index (χ1v) is 7.09. The molecule has 0 spiro atoms. The van der Waals surface area contributed by atoms with Crippen LogP contribution >= 0.6 is 12.4 Å². The first kappa shape index (κ1) is 15.9. The fraction of sp³-hybridized carbons (Fsp3) is 0.438. The summed E-state index contributed by atoms with van der Waals surface area (Å²) in [7, 11) is 1.44. The van der Waals surface area contributed by atoms with Gasteiger partial charge in [-0.05, 0) is 24.6 Å². The van der Waals surface area contributed by atoms with E-state index < -0.39 is 0 Å². The maximum atomic E-state index is 11.4. The molecule has 1 aliphatic rings. The van der Waals surface area contributed by atoms with Crippen LogP contribution < -0.4 is 5.32 Å². The Hall–Kier alpha value is -1.52. The molecule has 0 atom stereocenters. The maximum Gasteiger partial charge on any atom is 0.307 e. The highest BCUT2D eigenvalue weighted by Crippen LogP contribution is 2.29. The number of hydrogen-bond acceptors (Lipinski definition) is 3. The average Bonchev–Trinajstić information content (AvgIpc) is 2.78. The van der Waals surface area contributed by atoms with Crippen molar-refractivity contribution in [3.8, 4) is 0 Å². The molecular weight excluding hydrogens is 288 g/mol. The highest BCUT2D eigenvalue weighted by atomic mass is 35.5. The molecule has 0 radical (unpaired) electrons. The molecule has 0 amide bonds. The smallest absolute Gasteiger partial charge is 0.307 e. The Morgan fingerprint density at radius 1 is 1.43 bits per heavy atom. The van der Waals surface area contributed by atoms with Crippen LogP contribution in [-0.4, -0.2) is 24.2 Å². The van der Waals surface area contributed by atoms with Gasteiger partial charge in [0.25, 0.3) is 0 Å². The number of methoxy groups -OCH3 is 1. The van der Waals surface area contributed by atoms with Gasteiger partial charge in [0.05, 0.1) is 13.5 Å². The van der Waals surface area contributed by atoms with E-state index in [1.54, 1.807) is 0 Å². The number of rotatable bonds is 3. The van der Waals surface area contributed by atoms with Crippen LogP contribution in [0.2, 0.25) is 0 Å². The number of aromatic nitrogens is 1. The van der Waals surface area contributed by atoms with E-state index in [1.807, 2.05) is 0 Å². The second-order valence-corrected chi connectivity index (χ2v) is 5.35. The topological polar surface area (TPSA) is 43.3 Å². The molecule has 3 rings (SSSR count). The normalized spacial score (nSPS) is 13.6. The molecule has 0 bridgehead atoms. The van der Waals surface area contributed by atoms with E-state index in [0.717, 1.165) is 19.5 Å². The van der Waals surface area contributed by atoms with Crippen molar-refractivity contribution in [1.82, 2.24) is 9.88 Å². The summed E-state index contributed by atoms with van der Waals surface area (Å²) in [4.78, 5) is 11.4. The second-order valence-electron chi connectivity index (χ2n) is 5.35. The number of fused-ring (bicyclic) bond motifs is 3. The third-order valence-electron chi connectivity index (χ3n) is 4.05. The maximum absolute atomic E-state index is 11.4. The summed E-state index contributed by atoms with van der Waals surface area (Å²) in [6.07, 6.45) is 1.44. The van der Waals surface area contributed by atoms with Gasteiger partial charge in [0.2, 0.25) is 0 Å². The van der Waals surface area contributed by atoms with Gasteiger partial charge in [0.15, 0.2) is 0 Å². The van der Waals surface area contributed by atoms with Crippen LogP contribution in [0.4, 0.5) is 0 Å². The zero-order valence-electron chi connectivity index (χ0n) is 12.4. The molecule has 5 heteroatoms. The van der Waals surface area contributed by atoms with Crippen molar-refractivity contribution < 1.29 is 9.53 Å². The van der Waals surface area contributed by atoms with E-state index >= 15 is 0 Å². The molecule has 0 saturated heterocycles. The molecule has 1 aromatic carbocycles. The average molecular weight is 309 g/mol. The number of carbonyl (C=O) groups excluding carboxylic acids is 1. The number of ether oxygens (including phenoxy) is 1. The zero-order valence-corrected chi connectivity index (χ0v) is 13.3. The molecule has 2 aromatic rings. The van der Waals surface area contributed by atoms with E-state index in [4.69, 9.17) is 4.74 Å². The molecule has 4 nitrogen and oxygen atoms in total. The molecule has 1 aliphatic heterocycles. The number of aryl methyl sites for hydroxylation is 2. The van der Waals surface area contributed by atoms with Gasteiger partial charge in [-0.25, -0.2) is 0 Å². The summed E-state index contributed by atoms with van der Waals surface area (Å²) in [5.41, 5.74) is 5.26. The molecule has 0 unspecified atom stereocenters. The minimum absolute atomic E-state index is 0. The van der Waals surface area contributed by atoms with Crippen molar-refractivity contribution in [2.75, 3.05) is 13.7 Å². The molecule has 1 N–H and O–H groups in total. The lowest BCUT2D eigenvalue weighted by molar-refractivity contribution is -0.140. The lowest BCUT2D eigenvalue weighted by Crippen LogP contribution is -2.25. The van der Waals surface area contributed by atoms with Crippen LogP contribution in [0.25, 0.3) is 10.9 Å². The van der Waals surface area contributed by atoms with Gasteiger partial charge >= 0.3 is 5.97 Å². The Balaban J connectivity index is 0.00000161. The molecule has 2 heterocycles. The fourth-order valence-electron chi connectivity index (χ4n) is 3.05. The summed E-state index contributed by atoms with van der Waals surface area (Å²) in [6, 6.07) is 6.55. The van der Waals surface area contributed by atoms with Crippen LogP contribution in [0.5, 0.6) is 0 Å². The SMILES string of the molecule is COC(=O)CCn1c2c(c3cc(C)ccc31)CNCC2.Cl. The molecule has 21 heavy (non-hydrogen) atoms. The van der Waals surface area contributed by atoms with E-state index in [9.17, 15) is 4.79 Å². The number of nitrogens with zero attached hydrogens (tertiary/aromatic N) is 1. The summed E-state index contributed by atoms with van der Waals surface area (Å²) in [6.45, 7) is 4.73. The van der Waals surface area contributed by atoms with Crippen molar-refractivity contribution in [2.24, 2.45) is 0 Å². The predicted octanol–water partition coefficient (Wildman–Crippen LogP) is 2.58. The van der Waals surface area contributed by atoms with Gasteiger partial charge in [0, 0.05) is 42.7 Å². The first-order valence-electron chi connectivity index (χ1n) is 7.09. The second kappa shape index (κ2) is 6.50. The highest BCUT2D eigenvalue weighted by Gasteiger charge is 2.20. The summed E-state index contributed by atoms with van der Waals surface area (Å²) >= 11 is 0. The quantitative estimate of drug-likeness (QED) is 0.886. The van der Waals surface area contributed by atoms with Crippen molar-refractivity contribution in [1.29, 1.82) is 0 Å². The van der Waals surface area contributed by atoms with Crippen molar-refractivity contribution in [3.05, 3.63) is 35.0 Å². The van der Waals surface area contributed by atoms with Gasteiger partial charge < -0.3 is 14.6 Å². The standard InChI is InChI=1S/C16H20N2O2.ClH/c1-11-3-4-14-12(9-11)13-10-17-7-5-15(13)18(14)8-6-16(19)20-2;/h3-4,9,17H,5-8,10H2,1-2H3;1H. The van der Waals surface area contributed by atoms with Crippen LogP contribution in [0, 0.1) is 6.92 Å². The van der Waals surface area contributed by atoms with E-state index in [2.05, 4.69) is 35.0 Å². The number of carbonyl (C=O) groups is 1. The number of halogens is 1. The van der Waals surface area contributed by atoms with Crippen LogP contribution in [0.15, 0.2) is 18.2 Å². The Bertz CT molecular complexity index is 664. The van der Waals surface area contributed by atoms with E-state index in [-0.39, 0.29) is 18.4 Å². The minimum Gasteiger partial charge on any atom is -0.469 e. The summed E-state index contributed by atoms with van der Waals surface area (Å²) in [5, 5.41) is 4.75. The largest absolute Gasteiger partial charge is 0.469 e. The van der Waals surface area contributed by atoms with E-state index in [1.165, 1.54) is 34.8 Å². The molecule has 0 fully saturated rings. The Morgan fingerprint density at radius 3 is 3.00 bits per heavy atom. The minimum atomic E-state index is -0.151. The molecule has 1 aromatic heterocycles. The zero-order chi connectivity index (χ0) is 14.1.